The van der Waals surface area contributed by atoms with Gasteiger partial charge in [-0.05, 0) is 6.42 Å². The van der Waals surface area contributed by atoms with Crippen LogP contribution in [0.25, 0.3) is 22.0 Å². The molecule has 0 bridgehead atoms. The van der Waals surface area contributed by atoms with Gasteiger partial charge in [-0.2, -0.15) is 0 Å². The molecule has 0 radical (unpaired) electrons. The van der Waals surface area contributed by atoms with Crippen molar-refractivity contribution in [3.05, 3.63) is 48.2 Å². The van der Waals surface area contributed by atoms with Crippen molar-refractivity contribution in [2.75, 3.05) is 26.3 Å². The normalized spacial score (nSPS) is 16.7. The highest BCUT2D eigenvalue weighted by Crippen LogP contribution is 2.32. The van der Waals surface area contributed by atoms with E-state index in [2.05, 4.69) is 45.6 Å². The topological polar surface area (TPSA) is 43.2 Å². The van der Waals surface area contributed by atoms with E-state index >= 15 is 0 Å². The summed E-state index contributed by atoms with van der Waals surface area (Å²) in [7, 11) is 0. The molecule has 0 saturated carbocycles. The van der Waals surface area contributed by atoms with E-state index in [4.69, 9.17) is 9.72 Å². The lowest BCUT2D eigenvalue weighted by Crippen LogP contribution is -2.45. The predicted molar refractivity (Wildman–Crippen MR) is 105 cm³/mol. The fourth-order valence-electron chi connectivity index (χ4n) is 3.57. The smallest absolute Gasteiger partial charge is 0.142 e. The molecule has 1 fully saturated rings. The minimum absolute atomic E-state index is 0.482. The number of imidazole rings is 1. The number of nitrogens with zero attached hydrogens (tertiary/aromatic N) is 4. The van der Waals surface area contributed by atoms with Crippen LogP contribution in [-0.4, -0.2) is 51.8 Å². The molecule has 1 aromatic carbocycles. The van der Waals surface area contributed by atoms with Gasteiger partial charge < -0.3 is 9.30 Å². The molecular weight excluding hydrogens is 344 g/mol. The fraction of sp³-hybridized carbons (Fsp3) is 0.400. The Kier molecular flexibility index (Phi) is 5.43. The lowest BCUT2D eigenvalue weighted by molar-refractivity contribution is 0.0121. The fourth-order valence-corrected chi connectivity index (χ4v) is 4.26. The van der Waals surface area contributed by atoms with E-state index in [1.165, 1.54) is 0 Å². The van der Waals surface area contributed by atoms with Crippen molar-refractivity contribution in [2.24, 2.45) is 0 Å². The molecule has 0 spiro atoms. The highest BCUT2D eigenvalue weighted by molar-refractivity contribution is 7.13. The maximum absolute atomic E-state index is 5.52. The van der Waals surface area contributed by atoms with Crippen LogP contribution in [0.2, 0.25) is 0 Å². The Bertz CT molecular complexity index is 810. The summed E-state index contributed by atoms with van der Waals surface area (Å²) < 4.78 is 7.80. The molecule has 1 saturated heterocycles. The molecule has 3 heterocycles. The van der Waals surface area contributed by atoms with E-state index in [0.717, 1.165) is 61.2 Å². The summed E-state index contributed by atoms with van der Waals surface area (Å²) >= 11 is 1.67. The van der Waals surface area contributed by atoms with Gasteiger partial charge in [-0.25, -0.2) is 9.97 Å². The van der Waals surface area contributed by atoms with Crippen molar-refractivity contribution in [1.82, 2.24) is 19.4 Å². The molecule has 5 nitrogen and oxygen atoms in total. The molecular formula is C20H24N4OS. The average molecular weight is 369 g/mol. The Hall–Kier alpha value is -2.02. The predicted octanol–water partition coefficient (Wildman–Crippen LogP) is 3.78. The number of hydrogen-bond donors (Lipinski definition) is 0. The molecule has 0 N–H and O–H groups in total. The zero-order valence-corrected chi connectivity index (χ0v) is 15.9. The highest BCUT2D eigenvalue weighted by atomic mass is 32.1. The molecule has 4 rings (SSSR count). The maximum Gasteiger partial charge on any atom is 0.142 e. The largest absolute Gasteiger partial charge is 0.379 e. The van der Waals surface area contributed by atoms with E-state index in [0.29, 0.717) is 6.04 Å². The second kappa shape index (κ2) is 8.12. The summed E-state index contributed by atoms with van der Waals surface area (Å²) in [6.07, 6.45) is 4.95. The molecule has 2 aromatic heterocycles. The van der Waals surface area contributed by atoms with Crippen LogP contribution in [0.15, 0.2) is 48.2 Å². The summed E-state index contributed by atoms with van der Waals surface area (Å²) in [6, 6.07) is 10.9. The number of morpholine rings is 1. The molecule has 136 valence electrons. The first-order chi connectivity index (χ1) is 12.9. The second-order valence-electron chi connectivity index (χ2n) is 6.51. The first-order valence-electron chi connectivity index (χ1n) is 9.19. The van der Waals surface area contributed by atoms with E-state index < -0.39 is 0 Å². The third kappa shape index (κ3) is 3.58. The van der Waals surface area contributed by atoms with Crippen molar-refractivity contribution < 1.29 is 4.74 Å². The summed E-state index contributed by atoms with van der Waals surface area (Å²) in [5.41, 5.74) is 3.27. The Morgan fingerprint density at radius 2 is 1.96 bits per heavy atom. The van der Waals surface area contributed by atoms with Gasteiger partial charge in [-0.15, -0.1) is 11.3 Å². The summed E-state index contributed by atoms with van der Waals surface area (Å²) in [6.45, 7) is 6.85. The van der Waals surface area contributed by atoms with Crippen LogP contribution in [0.1, 0.15) is 13.3 Å². The number of ether oxygens (including phenoxy) is 1. The Labute approximate surface area is 158 Å². The van der Waals surface area contributed by atoms with Gasteiger partial charge in [0.05, 0.1) is 25.2 Å². The third-order valence-electron chi connectivity index (χ3n) is 4.96. The third-order valence-corrected chi connectivity index (χ3v) is 5.74. The molecule has 0 aliphatic carbocycles. The molecule has 1 atom stereocenters. The highest BCUT2D eigenvalue weighted by Gasteiger charge is 2.23. The van der Waals surface area contributed by atoms with Crippen molar-refractivity contribution in [3.8, 4) is 22.0 Å². The average Bonchev–Trinajstić information content (AvgIpc) is 3.37. The number of benzene rings is 1. The lowest BCUT2D eigenvalue weighted by atomic mass is 10.1. The van der Waals surface area contributed by atoms with Crippen LogP contribution in [-0.2, 0) is 11.3 Å². The lowest BCUT2D eigenvalue weighted by Gasteiger charge is -2.34. The number of thiazole rings is 1. The van der Waals surface area contributed by atoms with E-state index in [-0.39, 0.29) is 0 Å². The van der Waals surface area contributed by atoms with E-state index in [1.807, 2.05) is 24.0 Å². The van der Waals surface area contributed by atoms with Crippen LogP contribution in [0.5, 0.6) is 0 Å². The van der Waals surface area contributed by atoms with Gasteiger partial charge in [-0.1, -0.05) is 37.3 Å². The monoisotopic (exact) mass is 368 g/mol. The van der Waals surface area contributed by atoms with Gasteiger partial charge >= 0.3 is 0 Å². The molecule has 0 unspecified atom stereocenters. The number of rotatable bonds is 6. The molecule has 0 amide bonds. The SMILES string of the molecule is CC[C@@H](Cn1cnc(-c2ccccc2)c1-c1nccs1)N1CCOCC1. The molecule has 3 aromatic rings. The molecule has 1 aliphatic rings. The zero-order chi connectivity index (χ0) is 17.8. The van der Waals surface area contributed by atoms with Gasteiger partial charge in [0.25, 0.3) is 0 Å². The van der Waals surface area contributed by atoms with Crippen molar-refractivity contribution >= 4 is 11.3 Å². The van der Waals surface area contributed by atoms with Gasteiger partial charge in [0.2, 0.25) is 0 Å². The molecule has 1 aliphatic heterocycles. The van der Waals surface area contributed by atoms with E-state index in [9.17, 15) is 0 Å². The summed E-state index contributed by atoms with van der Waals surface area (Å²) in [5, 5.41) is 3.05. The first kappa shape index (κ1) is 17.4. The quantitative estimate of drug-likeness (QED) is 0.664. The Morgan fingerprint density at radius 3 is 2.65 bits per heavy atom. The number of aromatic nitrogens is 3. The van der Waals surface area contributed by atoms with Crippen molar-refractivity contribution in [1.29, 1.82) is 0 Å². The second-order valence-corrected chi connectivity index (χ2v) is 7.40. The maximum atomic E-state index is 5.52. The van der Waals surface area contributed by atoms with Crippen molar-refractivity contribution in [2.45, 2.75) is 25.9 Å². The van der Waals surface area contributed by atoms with Crippen LogP contribution in [0, 0.1) is 0 Å². The summed E-state index contributed by atoms with van der Waals surface area (Å²) in [4.78, 5) is 11.9. The van der Waals surface area contributed by atoms with Gasteiger partial charge in [0.15, 0.2) is 0 Å². The minimum atomic E-state index is 0.482. The standard InChI is InChI=1S/C20H24N4OS/c1-2-17(23-9-11-25-12-10-23)14-24-15-22-18(16-6-4-3-5-7-16)19(24)20-21-8-13-26-20/h3-8,13,15,17H,2,9-12,14H2,1H3/t17-/m0/s1. The van der Waals surface area contributed by atoms with Crippen LogP contribution in [0.3, 0.4) is 0 Å². The van der Waals surface area contributed by atoms with Gasteiger partial charge in [-0.3, -0.25) is 4.90 Å². The van der Waals surface area contributed by atoms with Crippen LogP contribution < -0.4 is 0 Å². The summed E-state index contributed by atoms with van der Waals surface area (Å²) in [5.74, 6) is 0. The van der Waals surface area contributed by atoms with Gasteiger partial charge in [0.1, 0.15) is 10.7 Å². The number of hydrogen-bond acceptors (Lipinski definition) is 5. The molecule has 26 heavy (non-hydrogen) atoms. The van der Waals surface area contributed by atoms with Crippen LogP contribution >= 0.6 is 11.3 Å². The Balaban J connectivity index is 1.68. The first-order valence-corrected chi connectivity index (χ1v) is 10.1. The van der Waals surface area contributed by atoms with E-state index in [1.54, 1.807) is 11.3 Å². The zero-order valence-electron chi connectivity index (χ0n) is 15.0. The van der Waals surface area contributed by atoms with Crippen molar-refractivity contribution in [3.63, 3.8) is 0 Å². The van der Waals surface area contributed by atoms with Gasteiger partial charge in [0, 0.05) is 42.8 Å². The van der Waals surface area contributed by atoms with Crippen LogP contribution in [0.4, 0.5) is 0 Å². The molecule has 6 heteroatoms. The minimum Gasteiger partial charge on any atom is -0.379 e. The Morgan fingerprint density at radius 1 is 1.15 bits per heavy atom.